The van der Waals surface area contributed by atoms with Gasteiger partial charge in [-0.1, -0.05) is 0 Å². The summed E-state index contributed by atoms with van der Waals surface area (Å²) in [5, 5.41) is 10.9. The van der Waals surface area contributed by atoms with Crippen LogP contribution in [0.15, 0.2) is 18.3 Å². The lowest BCUT2D eigenvalue weighted by Gasteiger charge is -2.30. The molecule has 1 fully saturated rings. The second kappa shape index (κ2) is 6.13. The van der Waals surface area contributed by atoms with E-state index in [0.717, 1.165) is 23.9 Å². The van der Waals surface area contributed by atoms with E-state index in [9.17, 15) is 9.59 Å². The normalized spacial score (nSPS) is 16.0. The molecule has 3 rings (SSSR count). The average molecular weight is 301 g/mol. The van der Waals surface area contributed by atoms with E-state index in [4.69, 9.17) is 0 Å². The summed E-state index contributed by atoms with van der Waals surface area (Å²) in [6.45, 7) is 3.29. The van der Waals surface area contributed by atoms with Crippen molar-refractivity contribution in [2.24, 2.45) is 5.92 Å². The van der Waals surface area contributed by atoms with Crippen LogP contribution in [0.1, 0.15) is 25.5 Å². The first-order chi connectivity index (χ1) is 10.6. The first-order valence-corrected chi connectivity index (χ1v) is 7.46. The molecule has 7 heteroatoms. The maximum Gasteiger partial charge on any atom is 0.223 e. The van der Waals surface area contributed by atoms with Gasteiger partial charge in [-0.3, -0.25) is 14.7 Å². The van der Waals surface area contributed by atoms with Crippen LogP contribution in [0.3, 0.4) is 0 Å². The summed E-state index contributed by atoms with van der Waals surface area (Å²) >= 11 is 0. The smallest absolute Gasteiger partial charge is 0.223 e. The fourth-order valence-corrected chi connectivity index (χ4v) is 2.81. The van der Waals surface area contributed by atoms with Crippen molar-refractivity contribution < 1.29 is 9.59 Å². The molecule has 2 amide bonds. The number of carbonyl (C=O) groups excluding carboxylic acids is 2. The molecule has 7 nitrogen and oxygen atoms in total. The molecule has 0 saturated carbocycles. The Balaban J connectivity index is 1.56. The minimum absolute atomic E-state index is 0.0251. The van der Waals surface area contributed by atoms with Crippen molar-refractivity contribution >= 4 is 22.8 Å². The lowest BCUT2D eigenvalue weighted by atomic mass is 9.96. The third-order valence-electron chi connectivity index (χ3n) is 4.16. The van der Waals surface area contributed by atoms with Crippen LogP contribution in [0.2, 0.25) is 0 Å². The summed E-state index contributed by atoms with van der Waals surface area (Å²) in [5.74, 6) is 0.0908. The lowest BCUT2D eigenvalue weighted by Crippen LogP contribution is -2.42. The number of rotatable bonds is 3. The molecule has 2 aromatic heterocycles. The number of nitrogens with zero attached hydrogens (tertiary/aromatic N) is 3. The Bertz CT molecular complexity index is 688. The van der Waals surface area contributed by atoms with E-state index in [1.54, 1.807) is 18.0 Å². The number of likely N-dealkylation sites (tertiary alicyclic amines) is 1. The molecule has 1 saturated heterocycles. The molecule has 0 aromatic carbocycles. The molecule has 0 aliphatic carbocycles. The minimum atomic E-state index is -0.0251. The zero-order valence-electron chi connectivity index (χ0n) is 12.5. The molecular formula is C15H19N5O2. The lowest BCUT2D eigenvalue weighted by molar-refractivity contribution is -0.134. The Kier molecular flexibility index (Phi) is 4.04. The third-order valence-corrected chi connectivity index (χ3v) is 4.16. The van der Waals surface area contributed by atoms with Gasteiger partial charge in [-0.2, -0.15) is 5.10 Å². The van der Waals surface area contributed by atoms with Gasteiger partial charge in [0.1, 0.15) is 0 Å². The summed E-state index contributed by atoms with van der Waals surface area (Å²) in [7, 11) is 0. The van der Waals surface area contributed by atoms with Gasteiger partial charge in [-0.15, -0.1) is 0 Å². The summed E-state index contributed by atoms with van der Waals surface area (Å²) in [6.07, 6.45) is 3.13. The first kappa shape index (κ1) is 14.5. The molecule has 0 unspecified atom stereocenters. The molecule has 22 heavy (non-hydrogen) atoms. The van der Waals surface area contributed by atoms with Crippen LogP contribution in [-0.2, 0) is 16.1 Å². The standard InChI is InChI=1S/C15H19N5O2/c1-10(21)20-7-4-11(5-8-20)15(22)17-9-13-12-3-2-6-16-14(12)19-18-13/h2-3,6,11H,4-5,7-9H2,1H3,(H,17,22)(H,16,18,19). The predicted molar refractivity (Wildman–Crippen MR) is 80.7 cm³/mol. The largest absolute Gasteiger partial charge is 0.350 e. The van der Waals surface area contributed by atoms with Gasteiger partial charge in [0.15, 0.2) is 5.65 Å². The van der Waals surface area contributed by atoms with Crippen LogP contribution in [-0.4, -0.2) is 45.0 Å². The van der Waals surface area contributed by atoms with E-state index in [2.05, 4.69) is 20.5 Å². The average Bonchev–Trinajstić information content (AvgIpc) is 2.96. The summed E-state index contributed by atoms with van der Waals surface area (Å²) in [5.41, 5.74) is 1.51. The number of carbonyl (C=O) groups is 2. The molecule has 0 bridgehead atoms. The molecule has 0 atom stereocenters. The van der Waals surface area contributed by atoms with Gasteiger partial charge in [0.25, 0.3) is 0 Å². The fraction of sp³-hybridized carbons (Fsp3) is 0.467. The maximum atomic E-state index is 12.2. The Morgan fingerprint density at radius 3 is 2.91 bits per heavy atom. The van der Waals surface area contributed by atoms with Crippen LogP contribution in [0.25, 0.3) is 11.0 Å². The van der Waals surface area contributed by atoms with Gasteiger partial charge >= 0.3 is 0 Å². The molecular weight excluding hydrogens is 282 g/mol. The van der Waals surface area contributed by atoms with E-state index in [1.165, 1.54) is 0 Å². The van der Waals surface area contributed by atoms with E-state index in [0.29, 0.717) is 25.3 Å². The first-order valence-electron chi connectivity index (χ1n) is 7.46. The highest BCUT2D eigenvalue weighted by atomic mass is 16.2. The quantitative estimate of drug-likeness (QED) is 0.878. The van der Waals surface area contributed by atoms with Crippen LogP contribution < -0.4 is 5.32 Å². The van der Waals surface area contributed by atoms with E-state index >= 15 is 0 Å². The number of piperidine rings is 1. The molecule has 0 radical (unpaired) electrons. The van der Waals surface area contributed by atoms with Crippen molar-refractivity contribution in [3.8, 4) is 0 Å². The summed E-state index contributed by atoms with van der Waals surface area (Å²) < 4.78 is 0. The molecule has 1 aliphatic heterocycles. The van der Waals surface area contributed by atoms with Crippen molar-refractivity contribution in [1.29, 1.82) is 0 Å². The van der Waals surface area contributed by atoms with Gasteiger partial charge in [0.2, 0.25) is 11.8 Å². The topological polar surface area (TPSA) is 91.0 Å². The zero-order valence-corrected chi connectivity index (χ0v) is 12.5. The maximum absolute atomic E-state index is 12.2. The molecule has 116 valence electrons. The Labute approximate surface area is 128 Å². The van der Waals surface area contributed by atoms with Crippen LogP contribution >= 0.6 is 0 Å². The number of H-pyrrole nitrogens is 1. The van der Waals surface area contributed by atoms with E-state index in [1.807, 2.05) is 12.1 Å². The molecule has 2 aromatic rings. The number of pyridine rings is 1. The van der Waals surface area contributed by atoms with Gasteiger partial charge in [-0.05, 0) is 25.0 Å². The van der Waals surface area contributed by atoms with Crippen molar-refractivity contribution in [1.82, 2.24) is 25.4 Å². The van der Waals surface area contributed by atoms with Gasteiger partial charge in [0.05, 0.1) is 12.2 Å². The third kappa shape index (κ3) is 2.93. The van der Waals surface area contributed by atoms with Crippen LogP contribution in [0.4, 0.5) is 0 Å². The zero-order chi connectivity index (χ0) is 15.5. The highest BCUT2D eigenvalue weighted by Gasteiger charge is 2.25. The summed E-state index contributed by atoms with van der Waals surface area (Å²) in [6, 6.07) is 3.78. The van der Waals surface area contributed by atoms with Crippen molar-refractivity contribution in [3.63, 3.8) is 0 Å². The Hall–Kier alpha value is -2.44. The van der Waals surface area contributed by atoms with Gasteiger partial charge in [-0.25, -0.2) is 4.98 Å². The second-order valence-corrected chi connectivity index (χ2v) is 5.57. The van der Waals surface area contributed by atoms with Gasteiger partial charge in [0, 0.05) is 37.5 Å². The van der Waals surface area contributed by atoms with Crippen molar-refractivity contribution in [2.75, 3.05) is 13.1 Å². The second-order valence-electron chi connectivity index (χ2n) is 5.57. The predicted octanol–water partition coefficient (Wildman–Crippen LogP) is 0.833. The number of aromatic amines is 1. The Morgan fingerprint density at radius 1 is 1.41 bits per heavy atom. The van der Waals surface area contributed by atoms with Crippen LogP contribution in [0, 0.1) is 5.92 Å². The molecule has 2 N–H and O–H groups in total. The Morgan fingerprint density at radius 2 is 2.18 bits per heavy atom. The van der Waals surface area contributed by atoms with Gasteiger partial charge < -0.3 is 10.2 Å². The minimum Gasteiger partial charge on any atom is -0.350 e. The van der Waals surface area contributed by atoms with Crippen molar-refractivity contribution in [3.05, 3.63) is 24.0 Å². The SMILES string of the molecule is CC(=O)N1CCC(C(=O)NCc2[nH]nc3ncccc23)CC1. The number of aromatic nitrogens is 3. The molecule has 3 heterocycles. The number of nitrogens with one attached hydrogen (secondary N) is 2. The number of hydrogen-bond acceptors (Lipinski definition) is 4. The molecule has 1 aliphatic rings. The number of hydrogen-bond donors (Lipinski definition) is 2. The number of fused-ring (bicyclic) bond motifs is 1. The fourth-order valence-electron chi connectivity index (χ4n) is 2.81. The van der Waals surface area contributed by atoms with E-state index in [-0.39, 0.29) is 17.7 Å². The highest BCUT2D eigenvalue weighted by Crippen LogP contribution is 2.18. The summed E-state index contributed by atoms with van der Waals surface area (Å²) in [4.78, 5) is 29.5. The van der Waals surface area contributed by atoms with Crippen LogP contribution in [0.5, 0.6) is 0 Å². The number of amides is 2. The van der Waals surface area contributed by atoms with Crippen molar-refractivity contribution in [2.45, 2.75) is 26.3 Å². The monoisotopic (exact) mass is 301 g/mol. The molecule has 0 spiro atoms. The van der Waals surface area contributed by atoms with E-state index < -0.39 is 0 Å². The highest BCUT2D eigenvalue weighted by molar-refractivity contribution is 5.81.